The molecule has 1 amide bonds. The third-order valence-electron chi connectivity index (χ3n) is 3.93. The Hall–Kier alpha value is -3.42. The van der Waals surface area contributed by atoms with E-state index in [9.17, 15) is 4.79 Å². The van der Waals surface area contributed by atoms with Gasteiger partial charge in [-0.25, -0.2) is 0 Å². The third-order valence-corrected chi connectivity index (χ3v) is 3.93. The fourth-order valence-electron chi connectivity index (χ4n) is 2.72. The second-order valence-electron chi connectivity index (χ2n) is 5.62. The zero-order valence-corrected chi connectivity index (χ0v) is 13.5. The van der Waals surface area contributed by atoms with Crippen molar-refractivity contribution >= 4 is 5.91 Å². The van der Waals surface area contributed by atoms with E-state index in [0.717, 1.165) is 11.3 Å². The first-order valence-corrected chi connectivity index (χ1v) is 7.69. The molecular formula is C17H15N5O3. The highest BCUT2D eigenvalue weighted by atomic mass is 16.7. The van der Waals surface area contributed by atoms with Crippen LogP contribution in [0.5, 0.6) is 11.5 Å². The number of hydrogen-bond donors (Lipinski definition) is 0. The summed E-state index contributed by atoms with van der Waals surface area (Å²) in [5.74, 6) is 1.30. The molecule has 0 unspecified atom stereocenters. The molecule has 8 heteroatoms. The SMILES string of the molecule is CN(Cc1ccc2c(c1)OCO2)C(=O)c1ccccc1-n1cnnn1. The number of aromatic nitrogens is 4. The molecular weight excluding hydrogens is 322 g/mol. The number of para-hydroxylation sites is 1. The summed E-state index contributed by atoms with van der Waals surface area (Å²) in [5, 5.41) is 11.1. The first kappa shape index (κ1) is 15.1. The van der Waals surface area contributed by atoms with Gasteiger partial charge in [0.1, 0.15) is 6.33 Å². The summed E-state index contributed by atoms with van der Waals surface area (Å²) in [6.45, 7) is 0.673. The molecule has 0 saturated carbocycles. The number of rotatable bonds is 4. The molecule has 8 nitrogen and oxygen atoms in total. The van der Waals surface area contributed by atoms with E-state index in [1.807, 2.05) is 30.3 Å². The van der Waals surface area contributed by atoms with E-state index in [4.69, 9.17) is 9.47 Å². The number of tetrazole rings is 1. The van der Waals surface area contributed by atoms with Crippen LogP contribution in [0, 0.1) is 0 Å². The lowest BCUT2D eigenvalue weighted by molar-refractivity contribution is 0.0784. The van der Waals surface area contributed by atoms with E-state index in [1.54, 1.807) is 24.1 Å². The molecule has 0 N–H and O–H groups in total. The van der Waals surface area contributed by atoms with Crippen molar-refractivity contribution in [2.75, 3.05) is 13.8 Å². The van der Waals surface area contributed by atoms with E-state index in [-0.39, 0.29) is 12.7 Å². The Morgan fingerprint density at radius 1 is 1.20 bits per heavy atom. The van der Waals surface area contributed by atoms with Crippen LogP contribution in [0.25, 0.3) is 5.69 Å². The molecule has 0 spiro atoms. The van der Waals surface area contributed by atoms with Crippen LogP contribution in [-0.4, -0.2) is 44.9 Å². The second kappa shape index (κ2) is 6.23. The van der Waals surface area contributed by atoms with Crippen molar-refractivity contribution in [3.05, 3.63) is 59.9 Å². The Labute approximate surface area is 143 Å². The Bertz CT molecular complexity index is 910. The molecule has 0 radical (unpaired) electrons. The molecule has 2 heterocycles. The highest BCUT2D eigenvalue weighted by Gasteiger charge is 2.19. The third kappa shape index (κ3) is 2.89. The van der Waals surface area contributed by atoms with Gasteiger partial charge in [0.25, 0.3) is 5.91 Å². The number of ether oxygens (including phenoxy) is 2. The summed E-state index contributed by atoms with van der Waals surface area (Å²) < 4.78 is 12.2. The van der Waals surface area contributed by atoms with Gasteiger partial charge in [0.05, 0.1) is 11.3 Å². The van der Waals surface area contributed by atoms with Gasteiger partial charge in [-0.1, -0.05) is 18.2 Å². The van der Waals surface area contributed by atoms with Crippen LogP contribution in [0.3, 0.4) is 0 Å². The maximum Gasteiger partial charge on any atom is 0.256 e. The minimum atomic E-state index is -0.122. The monoisotopic (exact) mass is 337 g/mol. The fraction of sp³-hybridized carbons (Fsp3) is 0.176. The molecule has 126 valence electrons. The smallest absolute Gasteiger partial charge is 0.256 e. The minimum Gasteiger partial charge on any atom is -0.454 e. The number of fused-ring (bicyclic) bond motifs is 1. The van der Waals surface area contributed by atoms with Crippen molar-refractivity contribution in [3.63, 3.8) is 0 Å². The Balaban J connectivity index is 1.57. The molecule has 3 aromatic rings. The summed E-state index contributed by atoms with van der Waals surface area (Å²) in [6.07, 6.45) is 1.46. The summed E-state index contributed by atoms with van der Waals surface area (Å²) in [4.78, 5) is 14.5. The van der Waals surface area contributed by atoms with Crippen molar-refractivity contribution < 1.29 is 14.3 Å². The first-order chi connectivity index (χ1) is 12.2. The van der Waals surface area contributed by atoms with Gasteiger partial charge in [-0.2, -0.15) is 4.68 Å². The summed E-state index contributed by atoms with van der Waals surface area (Å²) in [5.41, 5.74) is 2.12. The molecule has 0 fully saturated rings. The summed E-state index contributed by atoms with van der Waals surface area (Å²) >= 11 is 0. The Morgan fingerprint density at radius 3 is 2.88 bits per heavy atom. The zero-order chi connectivity index (χ0) is 17.2. The predicted molar refractivity (Wildman–Crippen MR) is 87.5 cm³/mol. The average Bonchev–Trinajstić information content (AvgIpc) is 3.32. The number of carbonyl (C=O) groups is 1. The molecule has 0 atom stereocenters. The Kier molecular flexibility index (Phi) is 3.77. The Morgan fingerprint density at radius 2 is 2.04 bits per heavy atom. The number of hydrogen-bond acceptors (Lipinski definition) is 6. The molecule has 0 aliphatic carbocycles. The van der Waals surface area contributed by atoms with Crippen molar-refractivity contribution in [2.24, 2.45) is 0 Å². The van der Waals surface area contributed by atoms with E-state index < -0.39 is 0 Å². The van der Waals surface area contributed by atoms with Gasteiger partial charge >= 0.3 is 0 Å². The van der Waals surface area contributed by atoms with Crippen LogP contribution < -0.4 is 9.47 Å². The minimum absolute atomic E-state index is 0.122. The lowest BCUT2D eigenvalue weighted by Gasteiger charge is -2.19. The topological polar surface area (TPSA) is 82.4 Å². The number of carbonyl (C=O) groups excluding carboxylic acids is 1. The number of nitrogens with zero attached hydrogens (tertiary/aromatic N) is 5. The van der Waals surface area contributed by atoms with Crippen LogP contribution in [0.1, 0.15) is 15.9 Å². The number of amides is 1. The molecule has 0 saturated heterocycles. The van der Waals surface area contributed by atoms with E-state index >= 15 is 0 Å². The van der Waals surface area contributed by atoms with Crippen LogP contribution in [0.15, 0.2) is 48.8 Å². The van der Waals surface area contributed by atoms with Gasteiger partial charge in [-0.05, 0) is 40.3 Å². The second-order valence-corrected chi connectivity index (χ2v) is 5.62. The molecule has 0 bridgehead atoms. The summed E-state index contributed by atoms with van der Waals surface area (Å²) in [6, 6.07) is 12.9. The fourth-order valence-corrected chi connectivity index (χ4v) is 2.72. The van der Waals surface area contributed by atoms with Gasteiger partial charge in [0.15, 0.2) is 11.5 Å². The molecule has 25 heavy (non-hydrogen) atoms. The maximum atomic E-state index is 12.9. The van der Waals surface area contributed by atoms with Crippen molar-refractivity contribution in [3.8, 4) is 17.2 Å². The van der Waals surface area contributed by atoms with E-state index in [1.165, 1.54) is 11.0 Å². The zero-order valence-electron chi connectivity index (χ0n) is 13.5. The van der Waals surface area contributed by atoms with Gasteiger partial charge in [0.2, 0.25) is 6.79 Å². The van der Waals surface area contributed by atoms with E-state index in [0.29, 0.717) is 23.5 Å². The summed E-state index contributed by atoms with van der Waals surface area (Å²) in [7, 11) is 1.75. The molecule has 1 aromatic heterocycles. The van der Waals surface area contributed by atoms with Crippen LogP contribution >= 0.6 is 0 Å². The lowest BCUT2D eigenvalue weighted by atomic mass is 10.1. The normalized spacial score (nSPS) is 12.2. The van der Waals surface area contributed by atoms with E-state index in [2.05, 4.69) is 15.5 Å². The lowest BCUT2D eigenvalue weighted by Crippen LogP contribution is -2.27. The standard InChI is InChI=1S/C17H15N5O3/c1-21(9-12-6-7-15-16(8-12)25-11-24-15)17(23)13-4-2-3-5-14(13)22-10-18-19-20-22/h2-8,10H,9,11H2,1H3. The first-order valence-electron chi connectivity index (χ1n) is 7.69. The van der Waals surface area contributed by atoms with Gasteiger partial charge < -0.3 is 14.4 Å². The average molecular weight is 337 g/mol. The maximum absolute atomic E-state index is 12.9. The van der Waals surface area contributed by atoms with Crippen molar-refractivity contribution in [2.45, 2.75) is 6.54 Å². The van der Waals surface area contributed by atoms with Gasteiger partial charge in [-0.3, -0.25) is 4.79 Å². The van der Waals surface area contributed by atoms with Gasteiger partial charge in [0, 0.05) is 13.6 Å². The van der Waals surface area contributed by atoms with Crippen molar-refractivity contribution in [1.29, 1.82) is 0 Å². The largest absolute Gasteiger partial charge is 0.454 e. The molecule has 4 rings (SSSR count). The number of benzene rings is 2. The highest BCUT2D eigenvalue weighted by Crippen LogP contribution is 2.32. The molecule has 1 aliphatic heterocycles. The highest BCUT2D eigenvalue weighted by molar-refractivity contribution is 5.97. The van der Waals surface area contributed by atoms with Crippen LogP contribution in [0.4, 0.5) is 0 Å². The predicted octanol–water partition coefficient (Wildman–Crippen LogP) is 1.66. The van der Waals surface area contributed by atoms with Crippen LogP contribution in [-0.2, 0) is 6.54 Å². The molecule has 2 aromatic carbocycles. The van der Waals surface area contributed by atoms with Gasteiger partial charge in [-0.15, -0.1) is 5.10 Å². The molecule has 1 aliphatic rings. The quantitative estimate of drug-likeness (QED) is 0.720. The van der Waals surface area contributed by atoms with Crippen molar-refractivity contribution in [1.82, 2.24) is 25.1 Å². The van der Waals surface area contributed by atoms with Crippen LogP contribution in [0.2, 0.25) is 0 Å².